The lowest BCUT2D eigenvalue weighted by atomic mass is 9.91. The highest BCUT2D eigenvalue weighted by molar-refractivity contribution is 7.22. The molecule has 2 heterocycles. The van der Waals surface area contributed by atoms with Crippen molar-refractivity contribution in [3.63, 3.8) is 0 Å². The summed E-state index contributed by atoms with van der Waals surface area (Å²) < 4.78 is 7.65. The standard InChI is InChI=1S/C43H23NOS/c1-2-8-26(9-3-1)43-44-35-21-20-25-18-16-24-17-19-27(22-33(24)38(25)42(35)46-43)28-11-6-12-29-34-23-37-41(30-10-4-5-15-36(30)45-37)32-14-7-13-31(39(28)29)40(32)34/h1-23H. The normalized spacial score (nSPS) is 12.3. The molecule has 0 saturated heterocycles. The molecule has 0 unspecified atom stereocenters. The minimum absolute atomic E-state index is 0.935. The zero-order valence-electron chi connectivity index (χ0n) is 24.5. The van der Waals surface area contributed by atoms with E-state index in [1.807, 2.05) is 6.07 Å². The second kappa shape index (κ2) is 8.91. The number of thiazole rings is 1. The van der Waals surface area contributed by atoms with Crippen molar-refractivity contribution in [3.8, 4) is 44.0 Å². The summed E-state index contributed by atoms with van der Waals surface area (Å²) in [4.78, 5) is 5.06. The van der Waals surface area contributed by atoms with Crippen LogP contribution < -0.4 is 0 Å². The van der Waals surface area contributed by atoms with Crippen LogP contribution in [0.2, 0.25) is 0 Å². The number of nitrogens with zero attached hydrogens (tertiary/aromatic N) is 1. The van der Waals surface area contributed by atoms with E-state index in [1.165, 1.54) is 81.2 Å². The number of furan rings is 1. The first-order chi connectivity index (χ1) is 22.8. The van der Waals surface area contributed by atoms with Crippen LogP contribution >= 0.6 is 11.3 Å². The fraction of sp³-hybridized carbons (Fsp3) is 0. The maximum Gasteiger partial charge on any atom is 0.136 e. The predicted molar refractivity (Wildman–Crippen MR) is 195 cm³/mol. The molecule has 2 nitrogen and oxygen atoms in total. The van der Waals surface area contributed by atoms with E-state index in [2.05, 4.69) is 133 Å². The predicted octanol–water partition coefficient (Wildman–Crippen LogP) is 12.6. The topological polar surface area (TPSA) is 26.0 Å². The minimum atomic E-state index is 0.935. The molecule has 0 aliphatic heterocycles. The molecule has 46 heavy (non-hydrogen) atoms. The molecule has 10 aromatic rings. The molecule has 0 saturated carbocycles. The van der Waals surface area contributed by atoms with Crippen molar-refractivity contribution in [1.29, 1.82) is 0 Å². The highest BCUT2D eigenvalue weighted by Crippen LogP contribution is 2.54. The highest BCUT2D eigenvalue weighted by Gasteiger charge is 2.27. The number of fused-ring (bicyclic) bond motifs is 12. The van der Waals surface area contributed by atoms with E-state index in [0.29, 0.717) is 0 Å². The van der Waals surface area contributed by atoms with Gasteiger partial charge in [0.2, 0.25) is 0 Å². The van der Waals surface area contributed by atoms with E-state index in [9.17, 15) is 0 Å². The van der Waals surface area contributed by atoms with Gasteiger partial charge in [-0.2, -0.15) is 0 Å². The molecule has 2 aromatic heterocycles. The van der Waals surface area contributed by atoms with Gasteiger partial charge in [-0.3, -0.25) is 0 Å². The minimum Gasteiger partial charge on any atom is -0.456 e. The van der Waals surface area contributed by atoms with Gasteiger partial charge in [-0.25, -0.2) is 4.98 Å². The maximum atomic E-state index is 6.41. The third-order valence-corrected chi connectivity index (χ3v) is 10.9. The molecule has 0 spiro atoms. The summed E-state index contributed by atoms with van der Waals surface area (Å²) in [6.07, 6.45) is 0. The van der Waals surface area contributed by atoms with Gasteiger partial charge in [-0.15, -0.1) is 11.3 Å². The lowest BCUT2D eigenvalue weighted by Crippen LogP contribution is -1.86. The van der Waals surface area contributed by atoms with Crippen molar-refractivity contribution in [1.82, 2.24) is 4.98 Å². The molecule has 212 valence electrons. The first-order valence-corrected chi connectivity index (χ1v) is 16.4. The van der Waals surface area contributed by atoms with Crippen LogP contribution in [0.3, 0.4) is 0 Å². The van der Waals surface area contributed by atoms with Gasteiger partial charge in [-0.05, 0) is 84.6 Å². The number of benzene rings is 8. The Hall–Kier alpha value is -5.77. The van der Waals surface area contributed by atoms with E-state index in [-0.39, 0.29) is 0 Å². The third-order valence-electron chi connectivity index (χ3n) is 9.81. The van der Waals surface area contributed by atoms with Gasteiger partial charge in [0.25, 0.3) is 0 Å². The smallest absolute Gasteiger partial charge is 0.136 e. The van der Waals surface area contributed by atoms with Crippen LogP contribution in [0.5, 0.6) is 0 Å². The molecule has 0 radical (unpaired) electrons. The van der Waals surface area contributed by atoms with Crippen LogP contribution in [0.1, 0.15) is 0 Å². The Bertz CT molecular complexity index is 2910. The second-order valence-electron chi connectivity index (χ2n) is 12.3. The summed E-state index contributed by atoms with van der Waals surface area (Å²) in [5.74, 6) is 0. The van der Waals surface area contributed by atoms with E-state index in [4.69, 9.17) is 9.40 Å². The van der Waals surface area contributed by atoms with Gasteiger partial charge in [0.05, 0.1) is 10.2 Å². The van der Waals surface area contributed by atoms with Crippen LogP contribution in [-0.4, -0.2) is 4.98 Å². The Balaban J connectivity index is 1.17. The average molecular weight is 602 g/mol. The van der Waals surface area contributed by atoms with Crippen LogP contribution in [0.15, 0.2) is 144 Å². The molecule has 0 amide bonds. The summed E-state index contributed by atoms with van der Waals surface area (Å²) >= 11 is 1.79. The van der Waals surface area contributed by atoms with E-state index >= 15 is 0 Å². The van der Waals surface area contributed by atoms with Gasteiger partial charge < -0.3 is 4.42 Å². The Labute approximate surface area is 267 Å². The quantitative estimate of drug-likeness (QED) is 0.184. The summed E-state index contributed by atoms with van der Waals surface area (Å²) in [6, 6.07) is 50.5. The monoisotopic (exact) mass is 601 g/mol. The lowest BCUT2D eigenvalue weighted by Gasteiger charge is -2.13. The summed E-state index contributed by atoms with van der Waals surface area (Å²) in [6.45, 7) is 0. The van der Waals surface area contributed by atoms with Gasteiger partial charge in [0, 0.05) is 21.7 Å². The summed E-state index contributed by atoms with van der Waals surface area (Å²) in [7, 11) is 0. The van der Waals surface area contributed by atoms with E-state index in [1.54, 1.807) is 11.3 Å². The summed E-state index contributed by atoms with van der Waals surface area (Å²) in [5, 5.41) is 11.0. The lowest BCUT2D eigenvalue weighted by molar-refractivity contribution is 0.669. The fourth-order valence-electron chi connectivity index (χ4n) is 7.82. The number of aromatic nitrogens is 1. The first kappa shape index (κ1) is 24.5. The molecule has 11 rings (SSSR count). The highest BCUT2D eigenvalue weighted by atomic mass is 32.1. The van der Waals surface area contributed by atoms with Crippen LogP contribution in [0.25, 0.3) is 108 Å². The zero-order valence-corrected chi connectivity index (χ0v) is 25.4. The Morgan fingerprint density at radius 1 is 0.457 bits per heavy atom. The molecule has 0 bridgehead atoms. The number of hydrogen-bond acceptors (Lipinski definition) is 3. The van der Waals surface area contributed by atoms with Crippen molar-refractivity contribution < 1.29 is 4.42 Å². The molecular formula is C43H23NOS. The molecule has 1 aliphatic rings. The van der Waals surface area contributed by atoms with Gasteiger partial charge in [-0.1, -0.05) is 115 Å². The van der Waals surface area contributed by atoms with Crippen molar-refractivity contribution in [3.05, 3.63) is 140 Å². The Kier molecular flexibility index (Phi) is 4.75. The van der Waals surface area contributed by atoms with E-state index in [0.717, 1.165) is 27.3 Å². The molecular weight excluding hydrogens is 579 g/mol. The van der Waals surface area contributed by atoms with Gasteiger partial charge >= 0.3 is 0 Å². The average Bonchev–Trinajstić information content (AvgIpc) is 3.81. The third kappa shape index (κ3) is 3.22. The molecule has 0 atom stereocenters. The first-order valence-electron chi connectivity index (χ1n) is 15.6. The largest absolute Gasteiger partial charge is 0.456 e. The molecule has 0 N–H and O–H groups in total. The Morgan fingerprint density at radius 3 is 2.17 bits per heavy atom. The SMILES string of the molecule is c1ccc(-c2nc3ccc4ccc5ccc(-c6cccc7c6-c6cccc8c6c-7cc6oc7ccccc7c68)cc5c4c3s2)cc1. The van der Waals surface area contributed by atoms with Crippen LogP contribution in [-0.2, 0) is 0 Å². The van der Waals surface area contributed by atoms with Crippen molar-refractivity contribution in [2.45, 2.75) is 0 Å². The fourth-order valence-corrected chi connectivity index (χ4v) is 8.96. The zero-order chi connectivity index (χ0) is 29.9. The van der Waals surface area contributed by atoms with Crippen molar-refractivity contribution >= 4 is 75.8 Å². The van der Waals surface area contributed by atoms with Crippen molar-refractivity contribution in [2.24, 2.45) is 0 Å². The van der Waals surface area contributed by atoms with Crippen LogP contribution in [0.4, 0.5) is 0 Å². The van der Waals surface area contributed by atoms with E-state index < -0.39 is 0 Å². The maximum absolute atomic E-state index is 6.41. The Morgan fingerprint density at radius 2 is 1.22 bits per heavy atom. The number of para-hydroxylation sites is 1. The van der Waals surface area contributed by atoms with Gasteiger partial charge in [0.15, 0.2) is 0 Å². The van der Waals surface area contributed by atoms with Gasteiger partial charge in [0.1, 0.15) is 16.2 Å². The van der Waals surface area contributed by atoms with Crippen molar-refractivity contribution in [2.75, 3.05) is 0 Å². The molecule has 1 aliphatic carbocycles. The second-order valence-corrected chi connectivity index (χ2v) is 13.2. The number of rotatable bonds is 2. The number of hydrogen-bond donors (Lipinski definition) is 0. The molecule has 3 heteroatoms. The van der Waals surface area contributed by atoms with Crippen LogP contribution in [0, 0.1) is 0 Å². The molecule has 0 fully saturated rings. The molecule has 8 aromatic carbocycles. The summed E-state index contributed by atoms with van der Waals surface area (Å²) in [5.41, 5.74) is 11.7.